The number of carboxylic acids is 1. The normalized spacial score (nSPS) is 15.2. The number of benzene rings is 2. The predicted molar refractivity (Wildman–Crippen MR) is 136 cm³/mol. The van der Waals surface area contributed by atoms with Crippen molar-refractivity contribution in [1.82, 2.24) is 9.88 Å². The molecule has 0 radical (unpaired) electrons. The highest BCUT2D eigenvalue weighted by Gasteiger charge is 2.31. The number of carbonyl (C=O) groups is 2. The van der Waals surface area contributed by atoms with Crippen molar-refractivity contribution in [3.05, 3.63) is 83.2 Å². The number of hydrogen-bond acceptors (Lipinski definition) is 3. The molecule has 0 spiro atoms. The molecule has 0 bridgehead atoms. The minimum absolute atomic E-state index is 0.0400. The van der Waals surface area contributed by atoms with Gasteiger partial charge in [-0.2, -0.15) is 13.2 Å². The monoisotopic (exact) mass is 528 g/mol. The van der Waals surface area contributed by atoms with E-state index < -0.39 is 17.7 Å². The van der Waals surface area contributed by atoms with Crippen LogP contribution in [0.3, 0.4) is 0 Å². The summed E-state index contributed by atoms with van der Waals surface area (Å²) in [4.78, 5) is 22.9. The van der Waals surface area contributed by atoms with Crippen molar-refractivity contribution >= 4 is 11.9 Å². The van der Waals surface area contributed by atoms with Gasteiger partial charge in [-0.05, 0) is 67.8 Å². The quantitative estimate of drug-likeness (QED) is 0.324. The molecule has 1 saturated carbocycles. The fourth-order valence-electron chi connectivity index (χ4n) is 4.93. The van der Waals surface area contributed by atoms with Gasteiger partial charge in [-0.3, -0.25) is 9.59 Å². The Labute approximate surface area is 219 Å². The van der Waals surface area contributed by atoms with E-state index in [9.17, 15) is 22.8 Å². The number of aliphatic carboxylic acids is 1. The van der Waals surface area contributed by atoms with Crippen LogP contribution in [0.5, 0.6) is 5.75 Å². The summed E-state index contributed by atoms with van der Waals surface area (Å²) in [5, 5.41) is 11.3. The van der Waals surface area contributed by atoms with Gasteiger partial charge in [0.05, 0.1) is 12.0 Å². The number of aryl methyl sites for hydroxylation is 1. The largest absolute Gasteiger partial charge is 0.485 e. The van der Waals surface area contributed by atoms with Gasteiger partial charge in [0.1, 0.15) is 11.9 Å². The van der Waals surface area contributed by atoms with Crippen molar-refractivity contribution in [3.63, 3.8) is 0 Å². The predicted octanol–water partition coefficient (Wildman–Crippen LogP) is 6.71. The van der Waals surface area contributed by atoms with Gasteiger partial charge in [-0.1, -0.05) is 25.3 Å². The Hall–Kier alpha value is -3.75. The third-order valence-corrected chi connectivity index (χ3v) is 6.93. The molecule has 0 aliphatic heterocycles. The first kappa shape index (κ1) is 27.3. The molecule has 6 nitrogen and oxygen atoms in total. The van der Waals surface area contributed by atoms with Crippen molar-refractivity contribution in [1.29, 1.82) is 0 Å². The molecular formula is C29H31F3N2O4. The molecule has 1 heterocycles. The summed E-state index contributed by atoms with van der Waals surface area (Å²) in [6.45, 7) is 1.97. The Morgan fingerprint density at radius 1 is 1.08 bits per heavy atom. The molecule has 1 amide bonds. The summed E-state index contributed by atoms with van der Waals surface area (Å²) >= 11 is 0. The van der Waals surface area contributed by atoms with Crippen LogP contribution in [-0.4, -0.2) is 28.1 Å². The topological polar surface area (TPSA) is 80.6 Å². The Morgan fingerprint density at radius 3 is 2.45 bits per heavy atom. The number of ether oxygens (including phenoxy) is 1. The number of aromatic nitrogens is 1. The zero-order valence-corrected chi connectivity index (χ0v) is 21.1. The maximum Gasteiger partial charge on any atom is 0.416 e. The molecule has 202 valence electrons. The summed E-state index contributed by atoms with van der Waals surface area (Å²) in [6, 6.07) is 11.9. The summed E-state index contributed by atoms with van der Waals surface area (Å²) in [5.41, 5.74) is 1.96. The molecule has 1 aromatic heterocycles. The molecule has 3 aromatic rings. The van der Waals surface area contributed by atoms with Crippen molar-refractivity contribution in [2.45, 2.75) is 57.7 Å². The maximum absolute atomic E-state index is 13.3. The Kier molecular flexibility index (Phi) is 8.44. The van der Waals surface area contributed by atoms with Crippen molar-refractivity contribution in [2.75, 3.05) is 6.54 Å². The van der Waals surface area contributed by atoms with E-state index >= 15 is 0 Å². The highest BCUT2D eigenvalue weighted by Crippen LogP contribution is 2.40. The van der Waals surface area contributed by atoms with Gasteiger partial charge in [-0.15, -0.1) is 0 Å². The average molecular weight is 529 g/mol. The number of alkyl halides is 3. The molecule has 4 rings (SSSR count). The Bertz CT molecular complexity index is 1260. The third-order valence-electron chi connectivity index (χ3n) is 6.93. The lowest BCUT2D eigenvalue weighted by Gasteiger charge is -2.31. The first-order valence-corrected chi connectivity index (χ1v) is 12.7. The number of carboxylic acid groups (broad SMARTS) is 1. The Balaban J connectivity index is 1.57. The van der Waals surface area contributed by atoms with Crippen molar-refractivity contribution < 1.29 is 32.6 Å². The number of nitrogens with zero attached hydrogens (tertiary/aromatic N) is 1. The average Bonchev–Trinajstić information content (AvgIpc) is 3.28. The minimum Gasteiger partial charge on any atom is -0.485 e. The van der Waals surface area contributed by atoms with E-state index in [4.69, 9.17) is 9.84 Å². The van der Waals surface area contributed by atoms with Crippen LogP contribution in [0.25, 0.3) is 5.69 Å². The van der Waals surface area contributed by atoms with Crippen molar-refractivity contribution in [2.24, 2.45) is 5.92 Å². The van der Waals surface area contributed by atoms with Crippen LogP contribution in [0.1, 0.15) is 71.7 Å². The molecule has 1 atom stereocenters. The third kappa shape index (κ3) is 6.76. The summed E-state index contributed by atoms with van der Waals surface area (Å²) in [7, 11) is 0. The SMILES string of the molecule is Cc1cn(-c2cccc(C(F)(F)F)c2)cc1C(Oc1ccc(C(=O)NCCC(=O)O)cc1)C1CCCCC1. The molecule has 9 heteroatoms. The first-order valence-electron chi connectivity index (χ1n) is 12.7. The molecule has 0 saturated heterocycles. The zero-order valence-electron chi connectivity index (χ0n) is 21.1. The highest BCUT2D eigenvalue weighted by molar-refractivity contribution is 5.94. The lowest BCUT2D eigenvalue weighted by molar-refractivity contribution is -0.138. The fraction of sp³-hybridized carbons (Fsp3) is 0.379. The highest BCUT2D eigenvalue weighted by atomic mass is 19.4. The minimum atomic E-state index is -4.42. The van der Waals surface area contributed by atoms with Gasteiger partial charge < -0.3 is 19.7 Å². The number of nitrogens with one attached hydrogen (secondary N) is 1. The molecule has 1 aliphatic rings. The van der Waals surface area contributed by atoms with Crippen LogP contribution < -0.4 is 10.1 Å². The smallest absolute Gasteiger partial charge is 0.416 e. The van der Waals surface area contributed by atoms with Gasteiger partial charge >= 0.3 is 12.1 Å². The van der Waals surface area contributed by atoms with Crippen LogP contribution in [0.4, 0.5) is 13.2 Å². The zero-order chi connectivity index (χ0) is 27.3. The maximum atomic E-state index is 13.3. The van der Waals surface area contributed by atoms with Gasteiger partial charge in [-0.25, -0.2) is 0 Å². The molecule has 1 unspecified atom stereocenters. The van der Waals surface area contributed by atoms with E-state index in [1.165, 1.54) is 12.5 Å². The van der Waals surface area contributed by atoms with E-state index in [-0.39, 0.29) is 30.9 Å². The number of halogens is 3. The van der Waals surface area contributed by atoms with Crippen LogP contribution >= 0.6 is 0 Å². The number of carbonyl (C=O) groups excluding carboxylic acids is 1. The summed E-state index contributed by atoms with van der Waals surface area (Å²) < 4.78 is 48.0. The summed E-state index contributed by atoms with van der Waals surface area (Å²) in [6.07, 6.45) is 4.13. The van der Waals surface area contributed by atoms with Gasteiger partial charge in [0.15, 0.2) is 0 Å². The van der Waals surface area contributed by atoms with E-state index in [2.05, 4.69) is 5.32 Å². The second kappa shape index (κ2) is 11.8. The standard InChI is InChI=1S/C29H31F3N2O4/c1-19-17-34(23-9-5-8-22(16-23)29(30,31)32)18-25(19)27(20-6-3-2-4-7-20)38-24-12-10-21(11-13-24)28(37)33-15-14-26(35)36/h5,8-13,16-18,20,27H,2-4,6-7,14-15H2,1H3,(H,33,37)(H,35,36). The van der Waals surface area contributed by atoms with Crippen LogP contribution in [-0.2, 0) is 11.0 Å². The van der Waals surface area contributed by atoms with Crippen LogP contribution in [0.2, 0.25) is 0 Å². The second-order valence-corrected chi connectivity index (χ2v) is 9.71. The number of amides is 1. The molecule has 38 heavy (non-hydrogen) atoms. The van der Waals surface area contributed by atoms with Gasteiger partial charge in [0, 0.05) is 41.7 Å². The van der Waals surface area contributed by atoms with Gasteiger partial charge in [0.2, 0.25) is 0 Å². The number of hydrogen-bond donors (Lipinski definition) is 2. The Morgan fingerprint density at radius 2 is 1.79 bits per heavy atom. The van der Waals surface area contributed by atoms with E-state index in [1.807, 2.05) is 19.3 Å². The molecule has 2 aromatic carbocycles. The van der Waals surface area contributed by atoms with Crippen LogP contribution in [0.15, 0.2) is 60.9 Å². The van der Waals surface area contributed by atoms with Crippen LogP contribution in [0, 0.1) is 12.8 Å². The van der Waals surface area contributed by atoms with Gasteiger partial charge in [0.25, 0.3) is 5.91 Å². The lowest BCUT2D eigenvalue weighted by atomic mass is 9.82. The fourth-order valence-corrected chi connectivity index (χ4v) is 4.93. The number of rotatable bonds is 9. The molecular weight excluding hydrogens is 497 g/mol. The molecule has 1 fully saturated rings. The summed E-state index contributed by atoms with van der Waals surface area (Å²) in [5.74, 6) is -0.525. The van der Waals surface area contributed by atoms with Crippen molar-refractivity contribution in [3.8, 4) is 11.4 Å². The first-order chi connectivity index (χ1) is 18.1. The second-order valence-electron chi connectivity index (χ2n) is 9.71. The van der Waals surface area contributed by atoms with E-state index in [0.717, 1.165) is 48.9 Å². The molecule has 1 aliphatic carbocycles. The lowest BCUT2D eigenvalue weighted by Crippen LogP contribution is -2.26. The van der Waals surface area contributed by atoms with E-state index in [0.29, 0.717) is 17.0 Å². The molecule has 2 N–H and O–H groups in total. The van der Waals surface area contributed by atoms with E-state index in [1.54, 1.807) is 34.9 Å².